The number of nitrogens with zero attached hydrogens (tertiary/aromatic N) is 3. The average molecular weight is 319 g/mol. The summed E-state index contributed by atoms with van der Waals surface area (Å²) in [7, 11) is 0. The summed E-state index contributed by atoms with van der Waals surface area (Å²) in [6.45, 7) is 7.20. The topological polar surface area (TPSA) is 83.4 Å². The molecule has 1 amide bonds. The smallest absolute Gasteiger partial charge is 0.303 e. The summed E-state index contributed by atoms with van der Waals surface area (Å²) in [4.78, 5) is 34.0. The molecule has 6 heteroatoms. The SMILES string of the molecule is Cc1ncc(C(=O)N2CCCC(CCC(=O)O)C2)c(C(C)C)n1. The van der Waals surface area contributed by atoms with Crippen molar-refractivity contribution in [2.45, 2.75) is 52.4 Å². The first-order chi connectivity index (χ1) is 10.9. The molecule has 1 aliphatic heterocycles. The molecule has 1 aromatic heterocycles. The molecule has 0 aliphatic carbocycles. The van der Waals surface area contributed by atoms with Crippen molar-refractivity contribution in [2.75, 3.05) is 13.1 Å². The highest BCUT2D eigenvalue weighted by atomic mass is 16.4. The molecule has 126 valence electrons. The molecule has 1 unspecified atom stereocenters. The Hall–Kier alpha value is -1.98. The number of carboxylic acids is 1. The molecule has 1 saturated heterocycles. The molecule has 0 saturated carbocycles. The number of aryl methyl sites for hydroxylation is 1. The van der Waals surface area contributed by atoms with E-state index in [2.05, 4.69) is 9.97 Å². The van der Waals surface area contributed by atoms with Gasteiger partial charge < -0.3 is 10.0 Å². The van der Waals surface area contributed by atoms with Crippen LogP contribution in [-0.4, -0.2) is 44.9 Å². The van der Waals surface area contributed by atoms with E-state index >= 15 is 0 Å². The van der Waals surface area contributed by atoms with Crippen LogP contribution in [0.5, 0.6) is 0 Å². The van der Waals surface area contributed by atoms with E-state index in [1.807, 2.05) is 25.7 Å². The summed E-state index contributed by atoms with van der Waals surface area (Å²) in [5, 5.41) is 8.82. The lowest BCUT2D eigenvalue weighted by Gasteiger charge is -2.33. The molecule has 2 rings (SSSR count). The zero-order valence-corrected chi connectivity index (χ0v) is 14.1. The molecule has 23 heavy (non-hydrogen) atoms. The van der Waals surface area contributed by atoms with Gasteiger partial charge in [0.25, 0.3) is 5.91 Å². The third-order valence-corrected chi connectivity index (χ3v) is 4.29. The highest BCUT2D eigenvalue weighted by Crippen LogP contribution is 2.24. The Kier molecular flexibility index (Phi) is 5.69. The molecule has 1 aliphatic rings. The lowest BCUT2D eigenvalue weighted by atomic mass is 9.92. The van der Waals surface area contributed by atoms with Crippen LogP contribution in [0.2, 0.25) is 0 Å². The number of aliphatic carboxylic acids is 1. The zero-order chi connectivity index (χ0) is 17.0. The van der Waals surface area contributed by atoms with Gasteiger partial charge >= 0.3 is 5.97 Å². The first kappa shape index (κ1) is 17.4. The Morgan fingerprint density at radius 2 is 2.17 bits per heavy atom. The monoisotopic (exact) mass is 319 g/mol. The van der Waals surface area contributed by atoms with Gasteiger partial charge in [0.2, 0.25) is 0 Å². The summed E-state index contributed by atoms with van der Waals surface area (Å²) in [5.74, 6) is 0.278. The van der Waals surface area contributed by atoms with E-state index in [0.29, 0.717) is 30.9 Å². The molecule has 0 aromatic carbocycles. The number of amides is 1. The number of likely N-dealkylation sites (tertiary alicyclic amines) is 1. The Labute approximate surface area is 136 Å². The van der Waals surface area contributed by atoms with Crippen molar-refractivity contribution in [3.05, 3.63) is 23.3 Å². The number of aromatic nitrogens is 2. The van der Waals surface area contributed by atoms with Crippen LogP contribution in [0.4, 0.5) is 0 Å². The van der Waals surface area contributed by atoms with Crippen molar-refractivity contribution in [1.29, 1.82) is 0 Å². The Morgan fingerprint density at radius 3 is 2.83 bits per heavy atom. The van der Waals surface area contributed by atoms with E-state index in [1.54, 1.807) is 6.20 Å². The number of rotatable bonds is 5. The van der Waals surface area contributed by atoms with Crippen molar-refractivity contribution in [3.63, 3.8) is 0 Å². The van der Waals surface area contributed by atoms with Crippen molar-refractivity contribution >= 4 is 11.9 Å². The zero-order valence-electron chi connectivity index (χ0n) is 14.1. The standard InChI is InChI=1S/C17H25N3O3/c1-11(2)16-14(9-18-12(3)19-16)17(23)20-8-4-5-13(10-20)6-7-15(21)22/h9,11,13H,4-8,10H2,1-3H3,(H,21,22). The summed E-state index contributed by atoms with van der Waals surface area (Å²) in [6, 6.07) is 0. The molecule has 0 bridgehead atoms. The molecular formula is C17H25N3O3. The Morgan fingerprint density at radius 1 is 1.43 bits per heavy atom. The van der Waals surface area contributed by atoms with Gasteiger partial charge in [0.1, 0.15) is 5.82 Å². The minimum absolute atomic E-state index is 0.0336. The molecule has 6 nitrogen and oxygen atoms in total. The van der Waals surface area contributed by atoms with E-state index in [1.165, 1.54) is 0 Å². The third-order valence-electron chi connectivity index (χ3n) is 4.29. The van der Waals surface area contributed by atoms with E-state index in [9.17, 15) is 9.59 Å². The maximum Gasteiger partial charge on any atom is 0.303 e. The summed E-state index contributed by atoms with van der Waals surface area (Å²) < 4.78 is 0. The van der Waals surface area contributed by atoms with Gasteiger partial charge in [0.15, 0.2) is 0 Å². The molecule has 2 heterocycles. The van der Waals surface area contributed by atoms with Crippen LogP contribution in [0.3, 0.4) is 0 Å². The van der Waals surface area contributed by atoms with Crippen LogP contribution in [0.1, 0.15) is 67.3 Å². The summed E-state index contributed by atoms with van der Waals surface area (Å²) >= 11 is 0. The quantitative estimate of drug-likeness (QED) is 0.902. The Bertz CT molecular complexity index is 586. The average Bonchev–Trinajstić information content (AvgIpc) is 2.52. The lowest BCUT2D eigenvalue weighted by molar-refractivity contribution is -0.137. The first-order valence-corrected chi connectivity index (χ1v) is 8.23. The Balaban J connectivity index is 2.12. The second-order valence-electron chi connectivity index (χ2n) is 6.56. The minimum Gasteiger partial charge on any atom is -0.481 e. The van der Waals surface area contributed by atoms with Gasteiger partial charge in [-0.25, -0.2) is 9.97 Å². The fraction of sp³-hybridized carbons (Fsp3) is 0.647. The third kappa shape index (κ3) is 4.50. The van der Waals surface area contributed by atoms with Gasteiger partial charge in [-0.05, 0) is 38.0 Å². The number of carbonyl (C=O) groups excluding carboxylic acids is 1. The van der Waals surface area contributed by atoms with Crippen LogP contribution in [0.15, 0.2) is 6.20 Å². The van der Waals surface area contributed by atoms with E-state index in [0.717, 1.165) is 18.5 Å². The number of hydrogen-bond acceptors (Lipinski definition) is 4. The van der Waals surface area contributed by atoms with Gasteiger partial charge in [-0.1, -0.05) is 13.8 Å². The van der Waals surface area contributed by atoms with Crippen LogP contribution in [-0.2, 0) is 4.79 Å². The highest BCUT2D eigenvalue weighted by molar-refractivity contribution is 5.95. The van der Waals surface area contributed by atoms with Gasteiger partial charge in [-0.15, -0.1) is 0 Å². The van der Waals surface area contributed by atoms with Crippen molar-refractivity contribution in [2.24, 2.45) is 5.92 Å². The predicted octanol–water partition coefficient (Wildman–Crippen LogP) is 2.63. The van der Waals surface area contributed by atoms with E-state index in [-0.39, 0.29) is 24.2 Å². The molecule has 1 fully saturated rings. The maximum atomic E-state index is 12.8. The van der Waals surface area contributed by atoms with Crippen molar-refractivity contribution in [1.82, 2.24) is 14.9 Å². The maximum absolute atomic E-state index is 12.8. The normalized spacial score (nSPS) is 18.3. The van der Waals surface area contributed by atoms with E-state index in [4.69, 9.17) is 5.11 Å². The second-order valence-corrected chi connectivity index (χ2v) is 6.56. The van der Waals surface area contributed by atoms with Crippen LogP contribution >= 0.6 is 0 Å². The molecule has 0 spiro atoms. The number of carboxylic acid groups (broad SMARTS) is 1. The molecular weight excluding hydrogens is 294 g/mol. The minimum atomic E-state index is -0.775. The fourth-order valence-corrected chi connectivity index (χ4v) is 3.08. The van der Waals surface area contributed by atoms with Gasteiger partial charge in [0, 0.05) is 25.7 Å². The predicted molar refractivity (Wildman–Crippen MR) is 86.4 cm³/mol. The molecule has 0 radical (unpaired) electrons. The van der Waals surface area contributed by atoms with Gasteiger partial charge in [-0.3, -0.25) is 9.59 Å². The number of hydrogen-bond donors (Lipinski definition) is 1. The summed E-state index contributed by atoms with van der Waals surface area (Å²) in [6.07, 6.45) is 4.32. The van der Waals surface area contributed by atoms with Crippen molar-refractivity contribution < 1.29 is 14.7 Å². The first-order valence-electron chi connectivity index (χ1n) is 8.23. The lowest BCUT2D eigenvalue weighted by Crippen LogP contribution is -2.40. The number of piperidine rings is 1. The summed E-state index contributed by atoms with van der Waals surface area (Å²) in [5.41, 5.74) is 1.36. The van der Waals surface area contributed by atoms with Crippen molar-refractivity contribution in [3.8, 4) is 0 Å². The fourth-order valence-electron chi connectivity index (χ4n) is 3.08. The van der Waals surface area contributed by atoms with Crippen LogP contribution < -0.4 is 0 Å². The van der Waals surface area contributed by atoms with Crippen LogP contribution in [0.25, 0.3) is 0 Å². The van der Waals surface area contributed by atoms with Gasteiger partial charge in [0.05, 0.1) is 11.3 Å². The highest BCUT2D eigenvalue weighted by Gasteiger charge is 2.27. The van der Waals surface area contributed by atoms with Gasteiger partial charge in [-0.2, -0.15) is 0 Å². The molecule has 1 atom stereocenters. The molecule has 1 N–H and O–H groups in total. The second kappa shape index (κ2) is 7.53. The number of carbonyl (C=O) groups is 2. The van der Waals surface area contributed by atoms with Crippen LogP contribution in [0, 0.1) is 12.8 Å². The molecule has 1 aromatic rings. The largest absolute Gasteiger partial charge is 0.481 e. The van der Waals surface area contributed by atoms with E-state index < -0.39 is 5.97 Å².